The van der Waals surface area contributed by atoms with Gasteiger partial charge in [0.2, 0.25) is 11.8 Å². The van der Waals surface area contributed by atoms with Crippen LogP contribution < -0.4 is 16.3 Å². The molecule has 0 unspecified atom stereocenters. The van der Waals surface area contributed by atoms with Crippen LogP contribution in [-0.4, -0.2) is 52.8 Å². The number of rotatable bonds is 8. The molecule has 1 heterocycles. The monoisotopic (exact) mass is 444 g/mol. The van der Waals surface area contributed by atoms with Gasteiger partial charge in [0.05, 0.1) is 16.3 Å². The summed E-state index contributed by atoms with van der Waals surface area (Å²) in [4.78, 5) is 36.0. The van der Waals surface area contributed by atoms with Crippen LogP contribution in [0.4, 0.5) is 5.69 Å². The first-order valence-corrected chi connectivity index (χ1v) is 10.9. The van der Waals surface area contributed by atoms with Gasteiger partial charge in [-0.1, -0.05) is 18.2 Å². The summed E-state index contributed by atoms with van der Waals surface area (Å²) in [7, 11) is -2.10. The van der Waals surface area contributed by atoms with E-state index >= 15 is 0 Å². The van der Waals surface area contributed by atoms with Gasteiger partial charge in [0.1, 0.15) is 6.54 Å². The fraction of sp³-hybridized carbons (Fsp3) is 0.211. The van der Waals surface area contributed by atoms with E-state index in [1.54, 1.807) is 30.3 Å². The van der Waals surface area contributed by atoms with E-state index in [9.17, 15) is 22.8 Å². The summed E-state index contributed by atoms with van der Waals surface area (Å²) in [5.74, 6) is -1.16. The van der Waals surface area contributed by atoms with Crippen molar-refractivity contribution >= 4 is 27.3 Å². The van der Waals surface area contributed by atoms with E-state index in [1.165, 1.54) is 31.3 Å². The van der Waals surface area contributed by atoms with Gasteiger partial charge in [-0.2, -0.15) is 9.36 Å². The molecule has 0 atom stereocenters. The molecule has 3 aromatic rings. The van der Waals surface area contributed by atoms with E-state index in [0.29, 0.717) is 11.4 Å². The van der Waals surface area contributed by atoms with Crippen molar-refractivity contribution in [3.05, 3.63) is 65.1 Å². The van der Waals surface area contributed by atoms with Crippen molar-refractivity contribution in [2.24, 2.45) is 0 Å². The molecule has 0 spiro atoms. The van der Waals surface area contributed by atoms with Gasteiger partial charge in [0.25, 0.3) is 0 Å². The molecular formula is C19H20N6O5S. The fourth-order valence-corrected chi connectivity index (χ4v) is 3.89. The van der Waals surface area contributed by atoms with Crippen molar-refractivity contribution < 1.29 is 18.0 Å². The molecule has 0 saturated carbocycles. The van der Waals surface area contributed by atoms with Gasteiger partial charge in [-0.25, -0.2) is 13.2 Å². The maximum Gasteiger partial charge on any atom is 0.368 e. The number of amides is 2. The number of aromatic nitrogens is 4. The highest BCUT2D eigenvalue weighted by Gasteiger charge is 2.16. The minimum absolute atomic E-state index is 0.169. The molecule has 162 valence electrons. The average Bonchev–Trinajstić information content (AvgIpc) is 3.13. The number of tetrazole rings is 1. The molecule has 12 heteroatoms. The van der Waals surface area contributed by atoms with Crippen LogP contribution in [0.15, 0.2) is 64.3 Å². The van der Waals surface area contributed by atoms with E-state index in [1.807, 2.05) is 0 Å². The quantitative estimate of drug-likeness (QED) is 0.496. The molecule has 1 aromatic heterocycles. The van der Waals surface area contributed by atoms with Crippen LogP contribution in [0.1, 0.15) is 6.42 Å². The zero-order chi connectivity index (χ0) is 22.4. The molecule has 11 nitrogen and oxygen atoms in total. The van der Waals surface area contributed by atoms with Gasteiger partial charge in [-0.15, -0.1) is 0 Å². The number of sulfone groups is 1. The van der Waals surface area contributed by atoms with Crippen LogP contribution >= 0.6 is 0 Å². The highest BCUT2D eigenvalue weighted by molar-refractivity contribution is 7.91. The first-order chi connectivity index (χ1) is 14.8. The van der Waals surface area contributed by atoms with E-state index < -0.39 is 21.4 Å². The number of hydrogen-bond acceptors (Lipinski definition) is 7. The Morgan fingerprint density at radius 3 is 2.29 bits per heavy atom. The van der Waals surface area contributed by atoms with Crippen molar-refractivity contribution in [2.45, 2.75) is 17.9 Å². The van der Waals surface area contributed by atoms with Gasteiger partial charge in [-0.05, 0) is 46.8 Å². The number of likely N-dealkylation sites (N-methyl/N-ethyl adjacent to an activating group) is 1. The Hall–Kier alpha value is -3.80. The second kappa shape index (κ2) is 9.34. The molecule has 0 aliphatic rings. The van der Waals surface area contributed by atoms with Crippen LogP contribution in [0, 0.1) is 0 Å². The largest absolute Gasteiger partial charge is 0.368 e. The van der Waals surface area contributed by atoms with E-state index in [4.69, 9.17) is 0 Å². The number of benzene rings is 2. The lowest BCUT2D eigenvalue weighted by Crippen LogP contribution is -2.31. The molecule has 0 aliphatic heterocycles. The number of carbonyl (C=O) groups is 2. The maximum absolute atomic E-state index is 12.3. The SMILES string of the molecule is CNC(=O)Cn1nnn(-c2ccc(NC(=O)CCS(=O)(=O)c3ccccc3)cc2)c1=O. The predicted molar refractivity (Wildman–Crippen MR) is 111 cm³/mol. The van der Waals surface area contributed by atoms with E-state index in [0.717, 1.165) is 9.36 Å². The van der Waals surface area contributed by atoms with Crippen molar-refractivity contribution in [2.75, 3.05) is 18.1 Å². The Balaban J connectivity index is 1.61. The van der Waals surface area contributed by atoms with E-state index in [2.05, 4.69) is 21.1 Å². The lowest BCUT2D eigenvalue weighted by molar-refractivity contribution is -0.121. The standard InChI is InChI=1S/C19H20N6O5S/c1-20-18(27)13-24-19(28)25(23-22-24)15-9-7-14(8-10-15)21-17(26)11-12-31(29,30)16-5-3-2-4-6-16/h2-10H,11-13H2,1H3,(H,20,27)(H,21,26). The van der Waals surface area contributed by atoms with Crippen LogP contribution in [0.2, 0.25) is 0 Å². The Labute approximate surface area is 177 Å². The summed E-state index contributed by atoms with van der Waals surface area (Å²) in [5, 5.41) is 12.4. The Morgan fingerprint density at radius 1 is 0.968 bits per heavy atom. The lowest BCUT2D eigenvalue weighted by Gasteiger charge is -2.07. The topological polar surface area (TPSA) is 145 Å². The number of nitrogens with one attached hydrogen (secondary N) is 2. The highest BCUT2D eigenvalue weighted by atomic mass is 32.2. The summed E-state index contributed by atoms with van der Waals surface area (Å²) in [6.45, 7) is -0.255. The fourth-order valence-electron chi connectivity index (χ4n) is 2.63. The lowest BCUT2D eigenvalue weighted by atomic mass is 10.2. The molecule has 2 amide bonds. The third-order valence-electron chi connectivity index (χ3n) is 4.31. The zero-order valence-corrected chi connectivity index (χ0v) is 17.4. The van der Waals surface area contributed by atoms with E-state index in [-0.39, 0.29) is 29.5 Å². The predicted octanol–water partition coefficient (Wildman–Crippen LogP) is -0.0225. The summed E-state index contributed by atoms with van der Waals surface area (Å²) in [6, 6.07) is 14.1. The zero-order valence-electron chi connectivity index (χ0n) is 16.6. The second-order valence-electron chi connectivity index (χ2n) is 6.48. The second-order valence-corrected chi connectivity index (χ2v) is 8.59. The van der Waals surface area contributed by atoms with Gasteiger partial charge >= 0.3 is 5.69 Å². The Bertz CT molecular complexity index is 1230. The van der Waals surface area contributed by atoms with Gasteiger partial charge in [0.15, 0.2) is 9.84 Å². The van der Waals surface area contributed by atoms with Crippen molar-refractivity contribution in [1.29, 1.82) is 0 Å². The number of hydrogen-bond donors (Lipinski definition) is 2. The summed E-state index contributed by atoms with van der Waals surface area (Å²) in [5.41, 5.74) is 0.223. The molecule has 31 heavy (non-hydrogen) atoms. The summed E-state index contributed by atoms with van der Waals surface area (Å²) >= 11 is 0. The molecule has 2 aromatic carbocycles. The number of nitrogens with zero attached hydrogens (tertiary/aromatic N) is 4. The molecule has 0 bridgehead atoms. The third-order valence-corrected chi connectivity index (χ3v) is 6.04. The Kier molecular flexibility index (Phi) is 6.60. The van der Waals surface area contributed by atoms with Crippen LogP contribution in [-0.2, 0) is 26.0 Å². The molecule has 0 saturated heterocycles. The van der Waals surface area contributed by atoms with Crippen LogP contribution in [0.3, 0.4) is 0 Å². The minimum Gasteiger partial charge on any atom is -0.358 e. The normalized spacial score (nSPS) is 11.1. The van der Waals surface area contributed by atoms with Crippen LogP contribution in [0.5, 0.6) is 0 Å². The highest BCUT2D eigenvalue weighted by Crippen LogP contribution is 2.14. The van der Waals surface area contributed by atoms with Gasteiger partial charge in [0, 0.05) is 19.2 Å². The van der Waals surface area contributed by atoms with Gasteiger partial charge in [-0.3, -0.25) is 9.59 Å². The molecule has 2 N–H and O–H groups in total. The van der Waals surface area contributed by atoms with Crippen molar-refractivity contribution in [3.63, 3.8) is 0 Å². The minimum atomic E-state index is -3.55. The average molecular weight is 444 g/mol. The number of carbonyl (C=O) groups excluding carboxylic acids is 2. The third kappa shape index (κ3) is 5.42. The molecule has 0 fully saturated rings. The number of anilines is 1. The molecular weight excluding hydrogens is 424 g/mol. The Morgan fingerprint density at radius 2 is 1.65 bits per heavy atom. The molecule has 3 rings (SSSR count). The summed E-state index contributed by atoms with van der Waals surface area (Å²) < 4.78 is 26.5. The molecule has 0 aliphatic carbocycles. The maximum atomic E-state index is 12.3. The smallest absolute Gasteiger partial charge is 0.358 e. The van der Waals surface area contributed by atoms with Crippen molar-refractivity contribution in [1.82, 2.24) is 25.1 Å². The van der Waals surface area contributed by atoms with Crippen molar-refractivity contribution in [3.8, 4) is 5.69 Å². The van der Waals surface area contributed by atoms with Crippen LogP contribution in [0.25, 0.3) is 5.69 Å². The first kappa shape index (κ1) is 21.9. The molecule has 0 radical (unpaired) electrons. The summed E-state index contributed by atoms with van der Waals surface area (Å²) in [6.07, 6.45) is -0.202. The first-order valence-electron chi connectivity index (χ1n) is 9.21. The van der Waals surface area contributed by atoms with Gasteiger partial charge < -0.3 is 10.6 Å².